The van der Waals surface area contributed by atoms with Crippen LogP contribution in [0.25, 0.3) is 0 Å². The number of aromatic nitrogens is 1. The minimum Gasteiger partial charge on any atom is -0.493 e. The van der Waals surface area contributed by atoms with Crippen molar-refractivity contribution in [1.82, 2.24) is 4.98 Å². The molecule has 0 bridgehead atoms. The molecule has 1 aromatic carbocycles. The Bertz CT molecular complexity index is 680. The van der Waals surface area contributed by atoms with Crippen LogP contribution in [0.3, 0.4) is 0 Å². The topological polar surface area (TPSA) is 62.7 Å². The van der Waals surface area contributed by atoms with Gasteiger partial charge < -0.3 is 14.7 Å². The summed E-state index contributed by atoms with van der Waals surface area (Å²) in [5, 5.41) is 8.68. The summed E-state index contributed by atoms with van der Waals surface area (Å²) in [6.07, 6.45) is 7.64. The lowest BCUT2D eigenvalue weighted by Crippen LogP contribution is -2.35. The van der Waals surface area contributed by atoms with E-state index >= 15 is 0 Å². The maximum atomic E-state index is 10.6. The Hall–Kier alpha value is -2.56. The number of benzene rings is 1. The molecule has 0 saturated carbocycles. The van der Waals surface area contributed by atoms with Gasteiger partial charge in [0.15, 0.2) is 0 Å². The van der Waals surface area contributed by atoms with Gasteiger partial charge in [-0.05, 0) is 61.4 Å². The molecule has 1 fully saturated rings. The van der Waals surface area contributed by atoms with E-state index in [1.165, 1.54) is 5.69 Å². The second kappa shape index (κ2) is 9.22. The molecule has 5 nitrogen and oxygen atoms in total. The number of hydrogen-bond donors (Lipinski definition) is 1. The highest BCUT2D eigenvalue weighted by Crippen LogP contribution is 2.24. The van der Waals surface area contributed by atoms with E-state index in [1.807, 2.05) is 36.7 Å². The van der Waals surface area contributed by atoms with E-state index < -0.39 is 5.97 Å². The van der Waals surface area contributed by atoms with Crippen molar-refractivity contribution in [2.24, 2.45) is 5.92 Å². The second-order valence-corrected chi connectivity index (χ2v) is 6.84. The quantitative estimate of drug-likeness (QED) is 0.781. The van der Waals surface area contributed by atoms with Crippen LogP contribution >= 0.6 is 0 Å². The second-order valence-electron chi connectivity index (χ2n) is 6.84. The Labute approximate surface area is 154 Å². The third kappa shape index (κ3) is 5.48. The van der Waals surface area contributed by atoms with Crippen molar-refractivity contribution in [3.8, 4) is 5.75 Å². The third-order valence-corrected chi connectivity index (χ3v) is 4.91. The van der Waals surface area contributed by atoms with Gasteiger partial charge in [-0.2, -0.15) is 0 Å². The number of pyridine rings is 1. The summed E-state index contributed by atoms with van der Waals surface area (Å²) >= 11 is 0. The number of aliphatic carboxylic acids is 1. The number of nitrogens with zero attached hydrogens (tertiary/aromatic N) is 2. The van der Waals surface area contributed by atoms with E-state index in [4.69, 9.17) is 9.84 Å². The first-order chi connectivity index (χ1) is 12.7. The number of carboxylic acid groups (broad SMARTS) is 1. The summed E-state index contributed by atoms with van der Waals surface area (Å²) < 4.78 is 5.96. The van der Waals surface area contributed by atoms with Crippen molar-refractivity contribution in [1.29, 1.82) is 0 Å². The first-order valence-corrected chi connectivity index (χ1v) is 9.29. The van der Waals surface area contributed by atoms with Crippen molar-refractivity contribution in [2.45, 2.75) is 32.1 Å². The molecular formula is C21H26N2O3. The Morgan fingerprint density at radius 2 is 1.81 bits per heavy atom. The molecule has 1 aliphatic rings. The molecule has 3 rings (SSSR count). The standard InChI is InChI=1S/C21H26N2O3/c24-21(25)3-1-2-17-4-6-20(7-5-17)26-16-18-10-14-23(15-11-18)19-8-12-22-13-9-19/h4-9,12-13,18H,1-3,10-11,14-16H2,(H,24,25). The average Bonchev–Trinajstić information content (AvgIpc) is 2.68. The number of anilines is 1. The molecule has 2 aromatic rings. The Morgan fingerprint density at radius 1 is 1.12 bits per heavy atom. The molecular weight excluding hydrogens is 328 g/mol. The number of ether oxygens (including phenoxy) is 1. The van der Waals surface area contributed by atoms with Crippen LogP contribution < -0.4 is 9.64 Å². The Morgan fingerprint density at radius 3 is 2.46 bits per heavy atom. The smallest absolute Gasteiger partial charge is 0.303 e. The van der Waals surface area contributed by atoms with Gasteiger partial charge in [0.2, 0.25) is 0 Å². The summed E-state index contributed by atoms with van der Waals surface area (Å²) in [4.78, 5) is 17.0. The zero-order chi connectivity index (χ0) is 18.2. The Balaban J connectivity index is 1.39. The number of piperidine rings is 1. The highest BCUT2D eigenvalue weighted by Gasteiger charge is 2.20. The lowest BCUT2D eigenvalue weighted by molar-refractivity contribution is -0.137. The predicted molar refractivity (Wildman–Crippen MR) is 102 cm³/mol. The maximum absolute atomic E-state index is 10.6. The summed E-state index contributed by atoms with van der Waals surface area (Å²) in [5.41, 5.74) is 2.40. The summed E-state index contributed by atoms with van der Waals surface area (Å²) in [5.74, 6) is 0.742. The van der Waals surface area contributed by atoms with Crippen LogP contribution in [0.4, 0.5) is 5.69 Å². The van der Waals surface area contributed by atoms with E-state index in [2.05, 4.69) is 22.0 Å². The van der Waals surface area contributed by atoms with Crippen LogP contribution in [-0.4, -0.2) is 35.8 Å². The zero-order valence-electron chi connectivity index (χ0n) is 15.0. The van der Waals surface area contributed by atoms with E-state index in [9.17, 15) is 4.79 Å². The Kier molecular flexibility index (Phi) is 6.47. The zero-order valence-corrected chi connectivity index (χ0v) is 15.0. The fourth-order valence-electron chi connectivity index (χ4n) is 3.32. The normalized spacial score (nSPS) is 15.0. The molecule has 1 saturated heterocycles. The lowest BCUT2D eigenvalue weighted by atomic mass is 9.97. The molecule has 2 heterocycles. The van der Waals surface area contributed by atoms with Crippen LogP contribution in [0.2, 0.25) is 0 Å². The summed E-state index contributed by atoms with van der Waals surface area (Å²) in [7, 11) is 0. The number of carboxylic acids is 1. The molecule has 1 N–H and O–H groups in total. The molecule has 0 amide bonds. The molecule has 26 heavy (non-hydrogen) atoms. The first-order valence-electron chi connectivity index (χ1n) is 9.29. The summed E-state index contributed by atoms with van der Waals surface area (Å²) in [6, 6.07) is 12.2. The molecule has 0 aliphatic carbocycles. The van der Waals surface area contributed by atoms with Gasteiger partial charge in [-0.15, -0.1) is 0 Å². The molecule has 0 radical (unpaired) electrons. The summed E-state index contributed by atoms with van der Waals surface area (Å²) in [6.45, 7) is 2.86. The van der Waals surface area contributed by atoms with Crippen molar-refractivity contribution >= 4 is 11.7 Å². The highest BCUT2D eigenvalue weighted by atomic mass is 16.5. The number of aryl methyl sites for hydroxylation is 1. The van der Waals surface area contributed by atoms with Crippen LogP contribution in [0.1, 0.15) is 31.2 Å². The fourth-order valence-corrected chi connectivity index (χ4v) is 3.32. The average molecular weight is 354 g/mol. The molecule has 1 aromatic heterocycles. The number of rotatable bonds is 8. The van der Waals surface area contributed by atoms with Gasteiger partial charge >= 0.3 is 5.97 Å². The SMILES string of the molecule is O=C(O)CCCc1ccc(OCC2CCN(c3ccncc3)CC2)cc1. The van der Waals surface area contributed by atoms with E-state index in [0.717, 1.165) is 50.3 Å². The van der Waals surface area contributed by atoms with Crippen LogP contribution in [0, 0.1) is 5.92 Å². The lowest BCUT2D eigenvalue weighted by Gasteiger charge is -2.33. The first kappa shape index (κ1) is 18.2. The highest BCUT2D eigenvalue weighted by molar-refractivity contribution is 5.66. The molecule has 0 unspecified atom stereocenters. The van der Waals surface area contributed by atoms with Crippen LogP contribution in [0.15, 0.2) is 48.8 Å². The minimum atomic E-state index is -0.736. The van der Waals surface area contributed by atoms with E-state index in [1.54, 1.807) is 0 Å². The van der Waals surface area contributed by atoms with Gasteiger partial charge in [-0.3, -0.25) is 9.78 Å². The fraction of sp³-hybridized carbons (Fsp3) is 0.429. The van der Waals surface area contributed by atoms with Crippen LogP contribution in [-0.2, 0) is 11.2 Å². The van der Waals surface area contributed by atoms with Gasteiger partial charge in [-0.1, -0.05) is 12.1 Å². The van der Waals surface area contributed by atoms with E-state index in [0.29, 0.717) is 12.3 Å². The molecule has 0 atom stereocenters. The van der Waals surface area contributed by atoms with Gasteiger partial charge in [-0.25, -0.2) is 0 Å². The van der Waals surface area contributed by atoms with Crippen molar-refractivity contribution in [3.63, 3.8) is 0 Å². The largest absolute Gasteiger partial charge is 0.493 e. The van der Waals surface area contributed by atoms with Gasteiger partial charge in [0.25, 0.3) is 0 Å². The number of hydrogen-bond acceptors (Lipinski definition) is 4. The monoisotopic (exact) mass is 354 g/mol. The van der Waals surface area contributed by atoms with Crippen molar-refractivity contribution < 1.29 is 14.6 Å². The minimum absolute atomic E-state index is 0.219. The van der Waals surface area contributed by atoms with Gasteiger partial charge in [0.1, 0.15) is 5.75 Å². The predicted octanol–water partition coefficient (Wildman–Crippen LogP) is 3.78. The number of carbonyl (C=O) groups is 1. The van der Waals surface area contributed by atoms with Crippen molar-refractivity contribution in [3.05, 3.63) is 54.4 Å². The molecule has 138 valence electrons. The van der Waals surface area contributed by atoms with Crippen molar-refractivity contribution in [2.75, 3.05) is 24.6 Å². The third-order valence-electron chi connectivity index (χ3n) is 4.91. The molecule has 1 aliphatic heterocycles. The van der Waals surface area contributed by atoms with Crippen LogP contribution in [0.5, 0.6) is 5.75 Å². The maximum Gasteiger partial charge on any atom is 0.303 e. The van der Waals surface area contributed by atoms with Gasteiger partial charge in [0, 0.05) is 37.6 Å². The van der Waals surface area contributed by atoms with E-state index in [-0.39, 0.29) is 6.42 Å². The van der Waals surface area contributed by atoms with Gasteiger partial charge in [0.05, 0.1) is 6.61 Å². The molecule has 0 spiro atoms. The molecule has 5 heteroatoms.